The lowest BCUT2D eigenvalue weighted by atomic mass is 9.67. The zero-order valence-electron chi connectivity index (χ0n) is 39.0. The average molecular weight is 903 g/mol. The maximum absolute atomic E-state index is 2.49. The summed E-state index contributed by atoms with van der Waals surface area (Å²) in [4.78, 5) is 2.48. The molecule has 71 heavy (non-hydrogen) atoms. The van der Waals surface area contributed by atoms with Crippen molar-refractivity contribution >= 4 is 60.4 Å². The van der Waals surface area contributed by atoms with Gasteiger partial charge in [0.1, 0.15) is 0 Å². The molecule has 0 aliphatic heterocycles. The number of hydrogen-bond acceptors (Lipinski definition) is 1. The molecule has 1 unspecified atom stereocenters. The third kappa shape index (κ3) is 6.49. The van der Waals surface area contributed by atoms with Crippen molar-refractivity contribution in [3.63, 3.8) is 0 Å². The van der Waals surface area contributed by atoms with E-state index in [1.165, 1.54) is 93.5 Å². The van der Waals surface area contributed by atoms with Gasteiger partial charge >= 0.3 is 0 Å². The zero-order chi connectivity index (χ0) is 46.9. The monoisotopic (exact) mass is 902 g/mol. The Bertz CT molecular complexity index is 4150. The van der Waals surface area contributed by atoms with Crippen molar-refractivity contribution in [2.24, 2.45) is 0 Å². The molecule has 0 radical (unpaired) electrons. The minimum Gasteiger partial charge on any atom is -0.310 e. The van der Waals surface area contributed by atoms with Crippen molar-refractivity contribution in [3.05, 3.63) is 301 Å². The average Bonchev–Trinajstić information content (AvgIpc) is 3.95. The van der Waals surface area contributed by atoms with Gasteiger partial charge in [-0.05, 0) is 126 Å². The summed E-state index contributed by atoms with van der Waals surface area (Å²) in [6.45, 7) is 0. The molecule has 1 atom stereocenters. The lowest BCUT2D eigenvalue weighted by Gasteiger charge is -2.35. The van der Waals surface area contributed by atoms with Crippen molar-refractivity contribution in [1.82, 2.24) is 4.57 Å². The van der Waals surface area contributed by atoms with Crippen LogP contribution in [-0.2, 0) is 5.41 Å². The third-order valence-electron chi connectivity index (χ3n) is 15.0. The van der Waals surface area contributed by atoms with E-state index in [0.29, 0.717) is 0 Å². The molecule has 13 aromatic rings. The quantitative estimate of drug-likeness (QED) is 0.147. The number of nitrogens with zero attached hydrogens (tertiary/aromatic N) is 2. The predicted molar refractivity (Wildman–Crippen MR) is 299 cm³/mol. The molecule has 0 saturated heterocycles. The Labute approximate surface area is 413 Å². The van der Waals surface area contributed by atoms with Crippen LogP contribution in [0.2, 0.25) is 0 Å². The van der Waals surface area contributed by atoms with Gasteiger partial charge in [-0.3, -0.25) is 0 Å². The summed E-state index contributed by atoms with van der Waals surface area (Å²) in [5.74, 6) is 0. The van der Waals surface area contributed by atoms with Crippen LogP contribution in [-0.4, -0.2) is 4.57 Å². The van der Waals surface area contributed by atoms with E-state index in [9.17, 15) is 0 Å². The van der Waals surface area contributed by atoms with Gasteiger partial charge in [-0.2, -0.15) is 0 Å². The van der Waals surface area contributed by atoms with Crippen LogP contribution in [0.5, 0.6) is 0 Å². The topological polar surface area (TPSA) is 8.17 Å². The standard InChI is InChI=1S/C69H46N2/c1-4-17-47(18-5-1)50-31-35-56(36-32-50)71-67-46-59(39-42-63(67)64-40-34-51-22-12-13-28-60(51)68(64)71)70(57-37-33-49-21-10-11-23-53(49)44-57)58-38-41-62-61-29-14-15-30-65(61)69(66(62)45-58,54-25-8-3-9-26-54)55-27-16-24-52(43-55)48-19-6-2-7-20-48/h1-46H. The minimum absolute atomic E-state index is 0.605. The molecule has 1 aliphatic carbocycles. The summed E-state index contributed by atoms with van der Waals surface area (Å²) in [7, 11) is 0. The van der Waals surface area contributed by atoms with Gasteiger partial charge in [0.15, 0.2) is 0 Å². The van der Waals surface area contributed by atoms with Gasteiger partial charge in [-0.25, -0.2) is 0 Å². The van der Waals surface area contributed by atoms with E-state index in [4.69, 9.17) is 0 Å². The van der Waals surface area contributed by atoms with Gasteiger partial charge in [0.05, 0.1) is 16.4 Å². The third-order valence-corrected chi connectivity index (χ3v) is 15.0. The second-order valence-electron chi connectivity index (χ2n) is 18.8. The van der Waals surface area contributed by atoms with Crippen LogP contribution in [0.1, 0.15) is 22.3 Å². The van der Waals surface area contributed by atoms with E-state index in [0.717, 1.165) is 28.3 Å². The van der Waals surface area contributed by atoms with Gasteiger partial charge in [0.25, 0.3) is 0 Å². The highest BCUT2D eigenvalue weighted by atomic mass is 15.1. The Kier molecular flexibility index (Phi) is 9.47. The van der Waals surface area contributed by atoms with Crippen LogP contribution in [0.15, 0.2) is 279 Å². The Morgan fingerprint density at radius 2 is 0.845 bits per heavy atom. The van der Waals surface area contributed by atoms with Crippen molar-refractivity contribution < 1.29 is 0 Å². The van der Waals surface area contributed by atoms with Crippen LogP contribution in [0.4, 0.5) is 17.1 Å². The molecule has 1 aliphatic rings. The molecule has 0 spiro atoms. The molecule has 0 amide bonds. The van der Waals surface area contributed by atoms with E-state index >= 15 is 0 Å². The van der Waals surface area contributed by atoms with Crippen LogP contribution < -0.4 is 4.90 Å². The smallest absolute Gasteiger partial charge is 0.0714 e. The highest BCUT2D eigenvalue weighted by Gasteiger charge is 2.46. The molecule has 332 valence electrons. The SMILES string of the molecule is c1ccc(-c2ccc(-n3c4cc(N(c5ccc6c(c5)C(c5ccccc5)(c5cccc(-c7ccccc7)c5)c5ccccc5-6)c5ccc6ccccc6c5)ccc4c4ccc5ccccc5c43)cc2)cc1. The van der Waals surface area contributed by atoms with Gasteiger partial charge in [0, 0.05) is 38.9 Å². The van der Waals surface area contributed by atoms with E-state index in [-0.39, 0.29) is 0 Å². The number of hydrogen-bond donors (Lipinski definition) is 0. The Morgan fingerprint density at radius 1 is 0.296 bits per heavy atom. The highest BCUT2D eigenvalue weighted by molar-refractivity contribution is 6.19. The number of benzene rings is 12. The fraction of sp³-hybridized carbons (Fsp3) is 0.0145. The first kappa shape index (κ1) is 40.8. The van der Waals surface area contributed by atoms with E-state index in [1.54, 1.807) is 0 Å². The summed E-state index contributed by atoms with van der Waals surface area (Å²) in [5, 5.41) is 7.30. The molecule has 0 bridgehead atoms. The fourth-order valence-corrected chi connectivity index (χ4v) is 11.8. The molecule has 0 N–H and O–H groups in total. The lowest BCUT2D eigenvalue weighted by Crippen LogP contribution is -2.29. The van der Waals surface area contributed by atoms with Crippen LogP contribution in [0.3, 0.4) is 0 Å². The predicted octanol–water partition coefficient (Wildman–Crippen LogP) is 18.3. The van der Waals surface area contributed by atoms with E-state index in [1.807, 2.05) is 0 Å². The normalized spacial score (nSPS) is 14.0. The molecule has 14 rings (SSSR count). The summed E-state index contributed by atoms with van der Waals surface area (Å²) in [5.41, 5.74) is 18.5. The maximum atomic E-state index is 2.49. The van der Waals surface area contributed by atoms with Crippen molar-refractivity contribution in [2.75, 3.05) is 4.90 Å². The summed E-state index contributed by atoms with van der Waals surface area (Å²) >= 11 is 0. The van der Waals surface area contributed by atoms with Gasteiger partial charge in [-0.1, -0.05) is 224 Å². The number of anilines is 3. The molecule has 12 aromatic carbocycles. The first-order chi connectivity index (χ1) is 35.2. The summed E-state index contributed by atoms with van der Waals surface area (Å²) < 4.78 is 2.49. The van der Waals surface area contributed by atoms with Crippen molar-refractivity contribution in [3.8, 4) is 39.1 Å². The molecule has 2 heteroatoms. The zero-order valence-corrected chi connectivity index (χ0v) is 39.0. The lowest BCUT2D eigenvalue weighted by molar-refractivity contribution is 0.769. The maximum Gasteiger partial charge on any atom is 0.0714 e. The van der Waals surface area contributed by atoms with E-state index < -0.39 is 5.41 Å². The van der Waals surface area contributed by atoms with Crippen LogP contribution in [0, 0.1) is 0 Å². The van der Waals surface area contributed by atoms with Gasteiger partial charge < -0.3 is 9.47 Å². The molecule has 2 nitrogen and oxygen atoms in total. The highest BCUT2D eigenvalue weighted by Crippen LogP contribution is 2.58. The number of fused-ring (bicyclic) bond motifs is 9. The van der Waals surface area contributed by atoms with Crippen molar-refractivity contribution in [2.45, 2.75) is 5.41 Å². The minimum atomic E-state index is -0.605. The van der Waals surface area contributed by atoms with Crippen molar-refractivity contribution in [1.29, 1.82) is 0 Å². The summed E-state index contributed by atoms with van der Waals surface area (Å²) in [6.07, 6.45) is 0. The first-order valence-corrected chi connectivity index (χ1v) is 24.6. The Hall–Kier alpha value is -9.24. The molecule has 0 saturated carbocycles. The Morgan fingerprint density at radius 3 is 1.65 bits per heavy atom. The first-order valence-electron chi connectivity index (χ1n) is 24.6. The van der Waals surface area contributed by atoms with E-state index in [2.05, 4.69) is 289 Å². The largest absolute Gasteiger partial charge is 0.310 e. The number of aromatic nitrogens is 1. The second-order valence-corrected chi connectivity index (χ2v) is 18.8. The molecular weight excluding hydrogens is 857 g/mol. The second kappa shape index (κ2) is 16.5. The molecule has 1 heterocycles. The molecular formula is C69H46N2. The Balaban J connectivity index is 1.03. The van der Waals surface area contributed by atoms with Crippen LogP contribution >= 0.6 is 0 Å². The molecule has 1 aromatic heterocycles. The van der Waals surface area contributed by atoms with Gasteiger partial charge in [-0.15, -0.1) is 0 Å². The number of rotatable bonds is 8. The fourth-order valence-electron chi connectivity index (χ4n) is 11.8. The summed E-state index contributed by atoms with van der Waals surface area (Å²) in [6, 6.07) is 103. The van der Waals surface area contributed by atoms with Crippen LogP contribution in [0.25, 0.3) is 82.4 Å². The molecule has 0 fully saturated rings. The van der Waals surface area contributed by atoms with Gasteiger partial charge in [0.2, 0.25) is 0 Å².